The fourth-order valence-electron chi connectivity index (χ4n) is 2.67. The van der Waals surface area contributed by atoms with E-state index < -0.39 is 0 Å². The van der Waals surface area contributed by atoms with Gasteiger partial charge in [0.1, 0.15) is 5.75 Å². The average Bonchev–Trinajstić information content (AvgIpc) is 3.04. The molecule has 1 fully saturated rings. The summed E-state index contributed by atoms with van der Waals surface area (Å²) >= 11 is 0. The van der Waals surface area contributed by atoms with Crippen molar-refractivity contribution >= 4 is 18.1 Å². The van der Waals surface area contributed by atoms with E-state index in [4.69, 9.17) is 9.26 Å². The van der Waals surface area contributed by atoms with Crippen LogP contribution in [0.15, 0.2) is 34.9 Å². The highest BCUT2D eigenvalue weighted by atomic mass is 16.5. The van der Waals surface area contributed by atoms with Gasteiger partial charge in [0.05, 0.1) is 5.69 Å². The highest BCUT2D eigenvalue weighted by molar-refractivity contribution is 5.78. The SMILES string of the molecule is Cc1cc(/C=C\c2ccccc2OCC(=O)N2CCN(C)CC2)on1. The highest BCUT2D eigenvalue weighted by Crippen LogP contribution is 2.21. The van der Waals surface area contributed by atoms with Crippen LogP contribution in [0.25, 0.3) is 12.2 Å². The summed E-state index contributed by atoms with van der Waals surface area (Å²) in [4.78, 5) is 16.4. The van der Waals surface area contributed by atoms with Gasteiger partial charge in [0.15, 0.2) is 12.4 Å². The Balaban J connectivity index is 1.61. The number of aromatic nitrogens is 1. The molecular weight excluding hydrogens is 318 g/mol. The van der Waals surface area contributed by atoms with E-state index in [1.807, 2.05) is 54.3 Å². The Kier molecular flexibility index (Phi) is 5.50. The number of para-hydroxylation sites is 1. The van der Waals surface area contributed by atoms with Gasteiger partial charge in [0.2, 0.25) is 0 Å². The number of nitrogens with zero attached hydrogens (tertiary/aromatic N) is 3. The second-order valence-corrected chi connectivity index (χ2v) is 6.21. The van der Waals surface area contributed by atoms with Crippen LogP contribution >= 0.6 is 0 Å². The molecule has 25 heavy (non-hydrogen) atoms. The first-order valence-corrected chi connectivity index (χ1v) is 8.41. The van der Waals surface area contributed by atoms with Gasteiger partial charge in [-0.3, -0.25) is 4.79 Å². The number of benzene rings is 1. The summed E-state index contributed by atoms with van der Waals surface area (Å²) in [5, 5.41) is 3.86. The van der Waals surface area contributed by atoms with E-state index in [1.54, 1.807) is 0 Å². The van der Waals surface area contributed by atoms with Crippen LogP contribution < -0.4 is 4.74 Å². The minimum absolute atomic E-state index is 0.0257. The zero-order chi connectivity index (χ0) is 17.6. The maximum absolute atomic E-state index is 12.3. The molecule has 6 heteroatoms. The van der Waals surface area contributed by atoms with Crippen LogP contribution in [0.2, 0.25) is 0 Å². The molecule has 0 spiro atoms. The van der Waals surface area contributed by atoms with Crippen LogP contribution in [0, 0.1) is 6.92 Å². The van der Waals surface area contributed by atoms with Crippen molar-refractivity contribution in [3.8, 4) is 5.75 Å². The Morgan fingerprint density at radius 1 is 1.24 bits per heavy atom. The van der Waals surface area contributed by atoms with Gasteiger partial charge in [0.25, 0.3) is 5.91 Å². The molecule has 6 nitrogen and oxygen atoms in total. The standard InChI is InChI=1S/C19H23N3O3/c1-15-13-17(25-20-15)8-7-16-5-3-4-6-18(16)24-14-19(23)22-11-9-21(2)10-12-22/h3-8,13H,9-12,14H2,1-2H3/b8-7-. The van der Waals surface area contributed by atoms with Crippen molar-refractivity contribution in [2.45, 2.75) is 6.92 Å². The van der Waals surface area contributed by atoms with Crippen molar-refractivity contribution < 1.29 is 14.1 Å². The Labute approximate surface area is 147 Å². The van der Waals surface area contributed by atoms with E-state index in [9.17, 15) is 4.79 Å². The predicted molar refractivity (Wildman–Crippen MR) is 96.2 cm³/mol. The van der Waals surface area contributed by atoms with E-state index in [1.165, 1.54) is 0 Å². The Morgan fingerprint density at radius 3 is 2.72 bits per heavy atom. The molecule has 1 amide bonds. The molecule has 3 rings (SSSR count). The first-order valence-electron chi connectivity index (χ1n) is 8.41. The molecule has 0 atom stereocenters. The fraction of sp³-hybridized carbons (Fsp3) is 0.368. The topological polar surface area (TPSA) is 58.8 Å². The van der Waals surface area contributed by atoms with Gasteiger partial charge in [0, 0.05) is 37.8 Å². The van der Waals surface area contributed by atoms with Gasteiger partial charge in [-0.15, -0.1) is 0 Å². The molecule has 2 heterocycles. The van der Waals surface area contributed by atoms with Crippen molar-refractivity contribution in [2.24, 2.45) is 0 Å². The monoisotopic (exact) mass is 341 g/mol. The lowest BCUT2D eigenvalue weighted by molar-refractivity contribution is -0.134. The number of piperazine rings is 1. The number of hydrogen-bond acceptors (Lipinski definition) is 5. The third-order valence-electron chi connectivity index (χ3n) is 4.20. The summed E-state index contributed by atoms with van der Waals surface area (Å²) < 4.78 is 10.9. The van der Waals surface area contributed by atoms with E-state index in [0.717, 1.165) is 37.4 Å². The van der Waals surface area contributed by atoms with E-state index in [-0.39, 0.29) is 12.5 Å². The maximum atomic E-state index is 12.3. The van der Waals surface area contributed by atoms with Crippen molar-refractivity contribution in [2.75, 3.05) is 39.8 Å². The van der Waals surface area contributed by atoms with E-state index in [2.05, 4.69) is 17.1 Å². The number of amides is 1. The van der Waals surface area contributed by atoms with Crippen LogP contribution in [-0.2, 0) is 4.79 Å². The van der Waals surface area contributed by atoms with Gasteiger partial charge < -0.3 is 19.1 Å². The third-order valence-corrected chi connectivity index (χ3v) is 4.20. The zero-order valence-corrected chi connectivity index (χ0v) is 14.6. The first kappa shape index (κ1) is 17.2. The maximum Gasteiger partial charge on any atom is 0.260 e. The molecule has 0 N–H and O–H groups in total. The highest BCUT2D eigenvalue weighted by Gasteiger charge is 2.19. The molecule has 0 bridgehead atoms. The fourth-order valence-corrected chi connectivity index (χ4v) is 2.67. The predicted octanol–water partition coefficient (Wildman–Crippen LogP) is 2.31. The van der Waals surface area contributed by atoms with Crippen molar-refractivity contribution in [3.05, 3.63) is 47.3 Å². The number of likely N-dealkylation sites (N-methyl/N-ethyl adjacent to an activating group) is 1. The number of aryl methyl sites for hydroxylation is 1. The third kappa shape index (κ3) is 4.70. The van der Waals surface area contributed by atoms with Gasteiger partial charge in [-0.25, -0.2) is 0 Å². The molecule has 0 aliphatic carbocycles. The molecular formula is C19H23N3O3. The molecule has 1 aliphatic rings. The lowest BCUT2D eigenvalue weighted by atomic mass is 10.2. The number of ether oxygens (including phenoxy) is 1. The number of carbonyl (C=O) groups excluding carboxylic acids is 1. The quantitative estimate of drug-likeness (QED) is 0.835. The van der Waals surface area contributed by atoms with Crippen molar-refractivity contribution in [1.29, 1.82) is 0 Å². The second kappa shape index (κ2) is 7.98. The smallest absolute Gasteiger partial charge is 0.260 e. The van der Waals surface area contributed by atoms with Crippen LogP contribution in [-0.4, -0.2) is 60.7 Å². The molecule has 2 aromatic rings. The number of rotatable bonds is 5. The Hall–Kier alpha value is -2.60. The summed E-state index contributed by atoms with van der Waals surface area (Å²) in [6.07, 6.45) is 3.74. The van der Waals surface area contributed by atoms with Gasteiger partial charge in [-0.2, -0.15) is 0 Å². The largest absolute Gasteiger partial charge is 0.483 e. The molecule has 1 saturated heterocycles. The van der Waals surface area contributed by atoms with Gasteiger partial charge in [-0.1, -0.05) is 23.4 Å². The van der Waals surface area contributed by atoms with Crippen LogP contribution in [0.4, 0.5) is 0 Å². The lowest BCUT2D eigenvalue weighted by Gasteiger charge is -2.32. The lowest BCUT2D eigenvalue weighted by Crippen LogP contribution is -2.48. The normalized spacial score (nSPS) is 15.7. The second-order valence-electron chi connectivity index (χ2n) is 6.21. The molecule has 1 aliphatic heterocycles. The number of hydrogen-bond donors (Lipinski definition) is 0. The van der Waals surface area contributed by atoms with Crippen LogP contribution in [0.1, 0.15) is 17.0 Å². The Morgan fingerprint density at radius 2 is 2.00 bits per heavy atom. The molecule has 1 aromatic heterocycles. The molecule has 0 radical (unpaired) electrons. The minimum atomic E-state index is 0.0257. The molecule has 0 unspecified atom stereocenters. The van der Waals surface area contributed by atoms with E-state index in [0.29, 0.717) is 11.5 Å². The van der Waals surface area contributed by atoms with Gasteiger partial charge >= 0.3 is 0 Å². The summed E-state index contributed by atoms with van der Waals surface area (Å²) in [5.74, 6) is 1.39. The van der Waals surface area contributed by atoms with Crippen molar-refractivity contribution in [3.63, 3.8) is 0 Å². The summed E-state index contributed by atoms with van der Waals surface area (Å²) in [6.45, 7) is 5.25. The molecule has 0 saturated carbocycles. The first-order chi connectivity index (χ1) is 12.1. The zero-order valence-electron chi connectivity index (χ0n) is 14.6. The van der Waals surface area contributed by atoms with Gasteiger partial charge in [-0.05, 0) is 32.2 Å². The molecule has 1 aromatic carbocycles. The number of carbonyl (C=O) groups is 1. The van der Waals surface area contributed by atoms with E-state index >= 15 is 0 Å². The van der Waals surface area contributed by atoms with Crippen molar-refractivity contribution in [1.82, 2.24) is 15.0 Å². The average molecular weight is 341 g/mol. The summed E-state index contributed by atoms with van der Waals surface area (Å²) in [6, 6.07) is 9.49. The Bertz CT molecular complexity index is 746. The van der Waals surface area contributed by atoms with Crippen LogP contribution in [0.3, 0.4) is 0 Å². The summed E-state index contributed by atoms with van der Waals surface area (Å²) in [5.41, 5.74) is 1.73. The molecule has 132 valence electrons. The minimum Gasteiger partial charge on any atom is -0.483 e. The summed E-state index contributed by atoms with van der Waals surface area (Å²) in [7, 11) is 2.07. The van der Waals surface area contributed by atoms with Crippen LogP contribution in [0.5, 0.6) is 5.75 Å².